The lowest BCUT2D eigenvalue weighted by Crippen LogP contribution is -2.64. The van der Waals surface area contributed by atoms with Crippen LogP contribution < -0.4 is 4.90 Å². The number of carbonyl (C=O) groups is 2. The van der Waals surface area contributed by atoms with Crippen LogP contribution in [0.1, 0.15) is 12.5 Å². The fourth-order valence-corrected chi connectivity index (χ4v) is 4.43. The molecule has 0 aromatic heterocycles. The van der Waals surface area contributed by atoms with E-state index in [1.807, 2.05) is 70.6 Å². The average Bonchev–Trinajstić information content (AvgIpc) is 3.30. The summed E-state index contributed by atoms with van der Waals surface area (Å²) in [5.41, 5.74) is 2.62. The molecule has 5 rings (SSSR count). The van der Waals surface area contributed by atoms with E-state index in [1.165, 1.54) is 9.80 Å². The molecular weight excluding hydrogens is 402 g/mol. The highest BCUT2D eigenvalue weighted by atomic mass is 35.5. The summed E-state index contributed by atoms with van der Waals surface area (Å²) in [4.78, 5) is 37.2. The van der Waals surface area contributed by atoms with Crippen molar-refractivity contribution in [2.75, 3.05) is 18.5 Å². The number of anilines is 1. The van der Waals surface area contributed by atoms with Crippen molar-refractivity contribution in [2.45, 2.75) is 19.1 Å². The molecule has 2 unspecified atom stereocenters. The van der Waals surface area contributed by atoms with Crippen molar-refractivity contribution in [3.05, 3.63) is 71.4 Å². The van der Waals surface area contributed by atoms with Crippen LogP contribution >= 0.6 is 11.6 Å². The van der Waals surface area contributed by atoms with E-state index in [0.717, 1.165) is 16.9 Å². The number of carbonyl (C=O) groups excluding carboxylic acids is 2. The normalized spacial score (nSPS) is 22.9. The van der Waals surface area contributed by atoms with Crippen LogP contribution in [-0.4, -0.2) is 58.4 Å². The predicted octanol–water partition coefficient (Wildman–Crippen LogP) is 3.44. The van der Waals surface area contributed by atoms with E-state index in [4.69, 9.17) is 16.6 Å². The highest BCUT2D eigenvalue weighted by Crippen LogP contribution is 2.41. The molecule has 3 aliphatic rings. The molecular formula is C22H20ClN5O2. The highest BCUT2D eigenvalue weighted by molar-refractivity contribution is 6.34. The Morgan fingerprint density at radius 1 is 1.03 bits per heavy atom. The molecule has 0 aliphatic carbocycles. The Hall–Kier alpha value is -3.32. The molecule has 0 saturated carbocycles. The number of rotatable bonds is 3. The van der Waals surface area contributed by atoms with Crippen molar-refractivity contribution in [1.29, 1.82) is 0 Å². The van der Waals surface area contributed by atoms with E-state index < -0.39 is 12.2 Å². The number of hydrogen-bond donors (Lipinski definition) is 0. The lowest BCUT2D eigenvalue weighted by atomic mass is 10.1. The fraction of sp³-hybridized carbons (Fsp3) is 0.227. The number of guanidine groups is 1. The summed E-state index contributed by atoms with van der Waals surface area (Å²) in [6.45, 7) is 2.11. The molecule has 2 atom stereocenters. The van der Waals surface area contributed by atoms with Crippen LogP contribution in [0.25, 0.3) is 5.70 Å². The molecule has 2 aromatic rings. The van der Waals surface area contributed by atoms with Crippen molar-refractivity contribution < 1.29 is 9.59 Å². The van der Waals surface area contributed by atoms with Gasteiger partial charge in [0, 0.05) is 25.4 Å². The molecule has 8 heteroatoms. The summed E-state index contributed by atoms with van der Waals surface area (Å²) < 4.78 is 0. The lowest BCUT2D eigenvalue weighted by Gasteiger charge is -2.39. The maximum Gasteiger partial charge on any atom is 0.328 e. The molecule has 3 amide bonds. The molecule has 1 saturated heterocycles. The minimum absolute atomic E-state index is 0.242. The molecule has 2 aromatic carbocycles. The van der Waals surface area contributed by atoms with Gasteiger partial charge >= 0.3 is 6.03 Å². The first-order chi connectivity index (χ1) is 14.5. The summed E-state index contributed by atoms with van der Waals surface area (Å²) in [5.74, 6) is 0.344. The third-order valence-electron chi connectivity index (χ3n) is 5.69. The van der Waals surface area contributed by atoms with Crippen LogP contribution in [-0.2, 0) is 4.79 Å². The molecule has 0 spiro atoms. The number of para-hydroxylation sites is 1. The first-order valence-corrected chi connectivity index (χ1v) is 10.2. The molecule has 3 heterocycles. The van der Waals surface area contributed by atoms with E-state index in [1.54, 1.807) is 14.0 Å². The summed E-state index contributed by atoms with van der Waals surface area (Å²) in [5, 5.41) is 0.574. The van der Waals surface area contributed by atoms with Gasteiger partial charge in [-0.1, -0.05) is 54.1 Å². The molecule has 152 valence electrons. The maximum atomic E-state index is 13.2. The van der Waals surface area contributed by atoms with Crippen LogP contribution in [0.3, 0.4) is 0 Å². The fourth-order valence-electron chi connectivity index (χ4n) is 4.21. The number of urea groups is 1. The van der Waals surface area contributed by atoms with Gasteiger partial charge in [0.25, 0.3) is 5.91 Å². The zero-order valence-electron chi connectivity index (χ0n) is 16.6. The maximum absolute atomic E-state index is 13.2. The largest absolute Gasteiger partial charge is 0.328 e. The number of nitrogens with zero attached hydrogens (tertiary/aromatic N) is 5. The number of benzene rings is 2. The third kappa shape index (κ3) is 2.55. The minimum Gasteiger partial charge on any atom is -0.302 e. The predicted molar refractivity (Wildman–Crippen MR) is 116 cm³/mol. The topological polar surface area (TPSA) is 59.5 Å². The Balaban J connectivity index is 1.66. The second-order valence-corrected chi connectivity index (χ2v) is 7.75. The van der Waals surface area contributed by atoms with Crippen molar-refractivity contribution in [3.8, 4) is 0 Å². The van der Waals surface area contributed by atoms with Gasteiger partial charge in [-0.2, -0.15) is 0 Å². The van der Waals surface area contributed by atoms with Gasteiger partial charge in [0.2, 0.25) is 5.96 Å². The van der Waals surface area contributed by atoms with Gasteiger partial charge in [0.05, 0.1) is 16.4 Å². The molecule has 0 radical (unpaired) electrons. The van der Waals surface area contributed by atoms with Gasteiger partial charge in [-0.3, -0.25) is 19.5 Å². The van der Waals surface area contributed by atoms with Gasteiger partial charge in [0.15, 0.2) is 12.2 Å². The Labute approximate surface area is 179 Å². The van der Waals surface area contributed by atoms with Gasteiger partial charge in [-0.15, -0.1) is 0 Å². The number of imide groups is 1. The van der Waals surface area contributed by atoms with Crippen molar-refractivity contribution in [3.63, 3.8) is 0 Å². The van der Waals surface area contributed by atoms with Crippen LogP contribution in [0.15, 0.2) is 65.8 Å². The number of amides is 3. The Kier molecular flexibility index (Phi) is 4.29. The molecule has 0 N–H and O–H groups in total. The van der Waals surface area contributed by atoms with E-state index in [0.29, 0.717) is 17.5 Å². The SMILES string of the molecule is CCN1C(=O)C2C(N=C3N(c4ccccc4Cl)C(c4ccccc4)=CN32)N(C)C1=O. The van der Waals surface area contributed by atoms with Crippen molar-refractivity contribution >= 4 is 40.9 Å². The molecule has 30 heavy (non-hydrogen) atoms. The van der Waals surface area contributed by atoms with Gasteiger partial charge in [-0.25, -0.2) is 9.79 Å². The minimum atomic E-state index is -0.603. The van der Waals surface area contributed by atoms with Gasteiger partial charge < -0.3 is 4.90 Å². The second-order valence-electron chi connectivity index (χ2n) is 7.34. The Morgan fingerprint density at radius 2 is 1.73 bits per heavy atom. The smallest absolute Gasteiger partial charge is 0.302 e. The number of fused-ring (bicyclic) bond motifs is 3. The van der Waals surface area contributed by atoms with Crippen LogP contribution in [0, 0.1) is 0 Å². The summed E-state index contributed by atoms with van der Waals surface area (Å²) in [6, 6.07) is 16.5. The number of likely N-dealkylation sites (N-methyl/N-ethyl adjacent to an activating group) is 2. The summed E-state index contributed by atoms with van der Waals surface area (Å²) in [6.07, 6.45) is 1.35. The summed E-state index contributed by atoms with van der Waals surface area (Å²) in [7, 11) is 1.68. The number of hydrogen-bond acceptors (Lipinski definition) is 5. The third-order valence-corrected chi connectivity index (χ3v) is 6.01. The number of halogens is 1. The van der Waals surface area contributed by atoms with E-state index in [2.05, 4.69) is 0 Å². The Morgan fingerprint density at radius 3 is 2.43 bits per heavy atom. The standard InChI is InChI=1S/C22H20ClN5O2/c1-3-26-20(29)18-19(25(2)22(26)30)24-21-27(18)13-17(14-9-5-4-6-10-14)28(21)16-12-8-7-11-15(16)23/h4-13,18-19H,3H2,1-2H3. The van der Waals surface area contributed by atoms with Crippen molar-refractivity contribution in [2.24, 2.45) is 4.99 Å². The first-order valence-electron chi connectivity index (χ1n) is 9.79. The van der Waals surface area contributed by atoms with Crippen LogP contribution in [0.4, 0.5) is 10.5 Å². The van der Waals surface area contributed by atoms with Crippen LogP contribution in [0.2, 0.25) is 5.02 Å². The van der Waals surface area contributed by atoms with E-state index >= 15 is 0 Å². The molecule has 0 bridgehead atoms. The van der Waals surface area contributed by atoms with Gasteiger partial charge in [0.1, 0.15) is 0 Å². The Bertz CT molecular complexity index is 1100. The van der Waals surface area contributed by atoms with E-state index in [-0.39, 0.29) is 11.9 Å². The molecule has 1 fully saturated rings. The highest BCUT2D eigenvalue weighted by Gasteiger charge is 2.54. The second kappa shape index (κ2) is 6.88. The quantitative estimate of drug-likeness (QED) is 0.761. The zero-order chi connectivity index (χ0) is 21.0. The van der Waals surface area contributed by atoms with Gasteiger partial charge in [-0.05, 0) is 19.1 Å². The van der Waals surface area contributed by atoms with Crippen molar-refractivity contribution in [1.82, 2.24) is 14.7 Å². The molecule has 3 aliphatic heterocycles. The van der Waals surface area contributed by atoms with E-state index in [9.17, 15) is 9.59 Å². The average molecular weight is 422 g/mol. The monoisotopic (exact) mass is 421 g/mol. The molecule has 7 nitrogen and oxygen atoms in total. The summed E-state index contributed by atoms with van der Waals surface area (Å²) >= 11 is 6.54. The first kappa shape index (κ1) is 18.7. The van der Waals surface area contributed by atoms with Crippen LogP contribution in [0.5, 0.6) is 0 Å². The lowest BCUT2D eigenvalue weighted by molar-refractivity contribution is -0.136. The zero-order valence-corrected chi connectivity index (χ0v) is 17.3. The number of aliphatic imine (C=N–C) groups is 1.